The predicted molar refractivity (Wildman–Crippen MR) is 143 cm³/mol. The molecule has 1 saturated carbocycles. The molecule has 1 aromatic heterocycles. The van der Waals surface area contributed by atoms with Gasteiger partial charge in [-0.15, -0.1) is 0 Å². The predicted octanol–water partition coefficient (Wildman–Crippen LogP) is 5.22. The number of rotatable bonds is 10. The van der Waals surface area contributed by atoms with Crippen molar-refractivity contribution in [3.8, 4) is 0 Å². The van der Waals surface area contributed by atoms with Crippen LogP contribution in [-0.2, 0) is 21.4 Å². The summed E-state index contributed by atoms with van der Waals surface area (Å²) in [5.74, 6) is -3.88. The van der Waals surface area contributed by atoms with Crippen molar-refractivity contribution in [2.75, 3.05) is 11.9 Å². The number of carbonyl (C=O) groups is 1. The van der Waals surface area contributed by atoms with Crippen LogP contribution in [0, 0.1) is 28.0 Å². The van der Waals surface area contributed by atoms with E-state index in [1.165, 1.54) is 12.3 Å². The number of pyridine rings is 1. The third kappa shape index (κ3) is 6.74. The van der Waals surface area contributed by atoms with Gasteiger partial charge >= 0.3 is 0 Å². The highest BCUT2D eigenvalue weighted by Crippen LogP contribution is 2.34. The smallest absolute Gasteiger partial charge is 0.277 e. The van der Waals surface area contributed by atoms with Gasteiger partial charge in [-0.25, -0.2) is 27.4 Å². The quantitative estimate of drug-likeness (QED) is 0.203. The van der Waals surface area contributed by atoms with Crippen LogP contribution in [0.1, 0.15) is 34.5 Å². The summed E-state index contributed by atoms with van der Waals surface area (Å²) in [6, 6.07) is 8.95. The standard InChI is InChI=1S/C24H22ClF2IN4O4S/c1-13-3-2-8-29-19(13)11-30-37(34,35)20-10-16(24(33)32-36-12-14-4-5-14)23(22(27)21(20)26)31-18-7-6-15(28)9-17(18)25/h2-3,6-10,14,30-31H,4-5,11-12H2,1H3,(H,32,33). The Bertz CT molecular complexity index is 1450. The lowest BCUT2D eigenvalue weighted by Gasteiger charge is -2.17. The average molecular weight is 663 g/mol. The summed E-state index contributed by atoms with van der Waals surface area (Å²) >= 11 is 8.25. The number of amides is 1. The molecular weight excluding hydrogens is 641 g/mol. The Hall–Kier alpha value is -2.39. The Morgan fingerprint density at radius 2 is 1.97 bits per heavy atom. The summed E-state index contributed by atoms with van der Waals surface area (Å²) in [6.45, 7) is 1.72. The van der Waals surface area contributed by atoms with Crippen molar-refractivity contribution in [1.82, 2.24) is 15.2 Å². The molecule has 1 heterocycles. The van der Waals surface area contributed by atoms with Crippen LogP contribution < -0.4 is 15.5 Å². The highest BCUT2D eigenvalue weighted by molar-refractivity contribution is 14.1. The number of sulfonamides is 1. The molecule has 37 heavy (non-hydrogen) atoms. The van der Waals surface area contributed by atoms with Crippen molar-refractivity contribution in [3.05, 3.63) is 79.6 Å². The van der Waals surface area contributed by atoms with E-state index in [0.29, 0.717) is 17.2 Å². The van der Waals surface area contributed by atoms with E-state index in [4.69, 9.17) is 16.4 Å². The van der Waals surface area contributed by atoms with Crippen molar-refractivity contribution in [1.29, 1.82) is 0 Å². The van der Waals surface area contributed by atoms with Gasteiger partial charge in [0, 0.05) is 9.77 Å². The van der Waals surface area contributed by atoms with Gasteiger partial charge in [-0.05, 0) is 84.2 Å². The molecule has 0 bridgehead atoms. The van der Waals surface area contributed by atoms with Crippen molar-refractivity contribution in [3.63, 3.8) is 0 Å². The first-order chi connectivity index (χ1) is 17.6. The summed E-state index contributed by atoms with van der Waals surface area (Å²) in [7, 11) is -4.59. The number of halogens is 4. The van der Waals surface area contributed by atoms with Crippen molar-refractivity contribution in [2.24, 2.45) is 5.92 Å². The maximum atomic E-state index is 15.4. The molecule has 1 aliphatic rings. The molecule has 2 aromatic carbocycles. The fourth-order valence-corrected chi connectivity index (χ4v) is 5.32. The van der Waals surface area contributed by atoms with Crippen LogP contribution in [0.15, 0.2) is 47.5 Å². The number of benzene rings is 2. The highest BCUT2D eigenvalue weighted by atomic mass is 127. The Morgan fingerprint density at radius 3 is 2.65 bits per heavy atom. The van der Waals surface area contributed by atoms with E-state index in [1.54, 1.807) is 31.2 Å². The molecule has 0 atom stereocenters. The van der Waals surface area contributed by atoms with Gasteiger partial charge in [-0.3, -0.25) is 14.6 Å². The Kier molecular flexibility index (Phi) is 8.63. The largest absolute Gasteiger partial charge is 0.351 e. The van der Waals surface area contributed by atoms with Crippen molar-refractivity contribution >= 4 is 61.5 Å². The molecule has 0 saturated heterocycles. The SMILES string of the molecule is Cc1cccnc1CNS(=O)(=O)c1cc(C(=O)NOCC2CC2)c(Nc2ccc(I)cc2Cl)c(F)c1F. The fourth-order valence-electron chi connectivity index (χ4n) is 3.33. The van der Waals surface area contributed by atoms with Gasteiger partial charge in [-0.2, -0.15) is 0 Å². The first-order valence-electron chi connectivity index (χ1n) is 11.1. The molecular formula is C24H22ClF2IN4O4S. The van der Waals surface area contributed by atoms with E-state index in [1.807, 2.05) is 22.6 Å². The number of carbonyl (C=O) groups excluding carboxylic acids is 1. The molecule has 0 unspecified atom stereocenters. The number of hydroxylamine groups is 1. The molecule has 1 amide bonds. The van der Waals surface area contributed by atoms with Gasteiger partial charge in [0.1, 0.15) is 4.90 Å². The zero-order valence-corrected chi connectivity index (χ0v) is 23.2. The van der Waals surface area contributed by atoms with E-state index >= 15 is 8.78 Å². The van der Waals surface area contributed by atoms with Crippen LogP contribution >= 0.6 is 34.2 Å². The molecule has 13 heteroatoms. The van der Waals surface area contributed by atoms with Crippen molar-refractivity contribution < 1.29 is 26.8 Å². The molecule has 3 aromatic rings. The maximum absolute atomic E-state index is 15.4. The fraction of sp³-hybridized carbons (Fsp3) is 0.250. The van der Waals surface area contributed by atoms with Crippen LogP contribution in [-0.4, -0.2) is 25.9 Å². The number of anilines is 2. The number of hydrogen-bond donors (Lipinski definition) is 3. The Labute approximate surface area is 231 Å². The van der Waals surface area contributed by atoms with E-state index in [-0.39, 0.29) is 23.9 Å². The summed E-state index contributed by atoms with van der Waals surface area (Å²) in [5, 5.41) is 2.81. The minimum absolute atomic E-state index is 0.187. The number of nitrogens with one attached hydrogen (secondary N) is 3. The lowest BCUT2D eigenvalue weighted by Crippen LogP contribution is -2.29. The number of nitrogens with zero attached hydrogens (tertiary/aromatic N) is 1. The maximum Gasteiger partial charge on any atom is 0.277 e. The third-order valence-corrected chi connectivity index (χ3v) is 8.01. The lowest BCUT2D eigenvalue weighted by atomic mass is 10.1. The molecule has 3 N–H and O–H groups in total. The second-order valence-corrected chi connectivity index (χ2v) is 11.8. The van der Waals surface area contributed by atoms with E-state index in [0.717, 1.165) is 22.5 Å². The van der Waals surface area contributed by atoms with Crippen LogP contribution in [0.4, 0.5) is 20.2 Å². The number of hydrogen-bond acceptors (Lipinski definition) is 6. The average Bonchev–Trinajstić information content (AvgIpc) is 3.67. The van der Waals surface area contributed by atoms with E-state index < -0.39 is 43.7 Å². The second kappa shape index (κ2) is 11.6. The zero-order chi connectivity index (χ0) is 26.7. The van der Waals surface area contributed by atoms with Gasteiger partial charge in [0.15, 0.2) is 11.6 Å². The summed E-state index contributed by atoms with van der Waals surface area (Å²) in [6.07, 6.45) is 3.41. The van der Waals surface area contributed by atoms with Gasteiger partial charge in [0.25, 0.3) is 5.91 Å². The molecule has 4 rings (SSSR count). The molecule has 1 fully saturated rings. The lowest BCUT2D eigenvalue weighted by molar-refractivity contribution is 0.0270. The molecule has 0 aliphatic heterocycles. The number of aryl methyl sites for hydroxylation is 1. The van der Waals surface area contributed by atoms with Crippen LogP contribution in [0.2, 0.25) is 5.02 Å². The minimum atomic E-state index is -4.59. The molecule has 0 radical (unpaired) electrons. The monoisotopic (exact) mass is 662 g/mol. The molecule has 1 aliphatic carbocycles. The van der Waals surface area contributed by atoms with Gasteiger partial charge < -0.3 is 5.32 Å². The van der Waals surface area contributed by atoms with Crippen molar-refractivity contribution in [2.45, 2.75) is 31.2 Å². The number of aromatic nitrogens is 1. The highest BCUT2D eigenvalue weighted by Gasteiger charge is 2.30. The summed E-state index contributed by atoms with van der Waals surface area (Å²) in [5.41, 5.74) is 2.41. The first-order valence-corrected chi connectivity index (χ1v) is 14.1. The molecule has 196 valence electrons. The second-order valence-electron chi connectivity index (χ2n) is 8.45. The Morgan fingerprint density at radius 1 is 1.22 bits per heavy atom. The molecule has 8 nitrogen and oxygen atoms in total. The molecule has 0 spiro atoms. The van der Waals surface area contributed by atoms with Crippen LogP contribution in [0.3, 0.4) is 0 Å². The van der Waals surface area contributed by atoms with Crippen LogP contribution in [0.25, 0.3) is 0 Å². The Balaban J connectivity index is 1.70. The third-order valence-electron chi connectivity index (χ3n) is 5.63. The van der Waals surface area contributed by atoms with E-state index in [9.17, 15) is 13.2 Å². The van der Waals surface area contributed by atoms with E-state index in [2.05, 4.69) is 20.5 Å². The zero-order valence-electron chi connectivity index (χ0n) is 19.4. The van der Waals surface area contributed by atoms with Gasteiger partial charge in [-0.1, -0.05) is 17.7 Å². The van der Waals surface area contributed by atoms with Gasteiger partial charge in [0.2, 0.25) is 10.0 Å². The minimum Gasteiger partial charge on any atom is -0.351 e. The summed E-state index contributed by atoms with van der Waals surface area (Å²) < 4.78 is 59.6. The normalized spacial score (nSPS) is 13.4. The topological polar surface area (TPSA) is 109 Å². The first kappa shape index (κ1) is 27.6. The van der Waals surface area contributed by atoms with Gasteiger partial charge in [0.05, 0.1) is 40.8 Å². The van der Waals surface area contributed by atoms with Crippen LogP contribution in [0.5, 0.6) is 0 Å². The summed E-state index contributed by atoms with van der Waals surface area (Å²) in [4.78, 5) is 21.2.